The summed E-state index contributed by atoms with van der Waals surface area (Å²) in [7, 11) is 1.46. The van der Waals surface area contributed by atoms with Gasteiger partial charge in [0.05, 0.1) is 12.8 Å². The Hall–Kier alpha value is -1.34. The quantitative estimate of drug-likeness (QED) is 0.821. The standard InChI is InChI=1S/C19H32N4O2S/c1-3-22(15-6-7-16-17(13-15)26-18(20)21-16)10-4-5-14-8-11-23(12-9-14)19(24)25-2/h14-15H,3-13H2,1-2H3,(H2,20,21). The van der Waals surface area contributed by atoms with E-state index in [2.05, 4.69) is 16.8 Å². The summed E-state index contributed by atoms with van der Waals surface area (Å²) >= 11 is 1.67. The van der Waals surface area contributed by atoms with Crippen molar-refractivity contribution in [3.05, 3.63) is 10.6 Å². The summed E-state index contributed by atoms with van der Waals surface area (Å²) in [5.74, 6) is 0.744. The van der Waals surface area contributed by atoms with E-state index in [1.165, 1.54) is 43.5 Å². The molecule has 0 aromatic carbocycles. The molecule has 1 atom stereocenters. The molecule has 1 fully saturated rings. The van der Waals surface area contributed by atoms with Crippen LogP contribution in [0.1, 0.15) is 49.6 Å². The minimum atomic E-state index is -0.180. The Kier molecular flexibility index (Phi) is 6.75. The van der Waals surface area contributed by atoms with Crippen LogP contribution < -0.4 is 5.73 Å². The van der Waals surface area contributed by atoms with Crippen molar-refractivity contribution in [3.8, 4) is 0 Å². The zero-order chi connectivity index (χ0) is 18.5. The van der Waals surface area contributed by atoms with E-state index in [0.29, 0.717) is 6.04 Å². The molecule has 6 nitrogen and oxygen atoms in total. The predicted octanol–water partition coefficient (Wildman–Crippen LogP) is 3.16. The Balaban J connectivity index is 1.40. The molecule has 1 unspecified atom stereocenters. The van der Waals surface area contributed by atoms with Crippen LogP contribution in [0.2, 0.25) is 0 Å². The van der Waals surface area contributed by atoms with E-state index in [4.69, 9.17) is 10.5 Å². The molecule has 1 aliphatic carbocycles. The second kappa shape index (κ2) is 9.04. The maximum absolute atomic E-state index is 11.6. The third-order valence-electron chi connectivity index (χ3n) is 5.96. The van der Waals surface area contributed by atoms with E-state index >= 15 is 0 Å². The summed E-state index contributed by atoms with van der Waals surface area (Å²) in [6, 6.07) is 0.633. The molecule has 0 bridgehead atoms. The summed E-state index contributed by atoms with van der Waals surface area (Å²) in [6.07, 6.45) is 7.90. The van der Waals surface area contributed by atoms with Crippen LogP contribution >= 0.6 is 11.3 Å². The zero-order valence-corrected chi connectivity index (χ0v) is 16.9. The van der Waals surface area contributed by atoms with Gasteiger partial charge in [-0.25, -0.2) is 9.78 Å². The molecule has 146 valence electrons. The molecule has 1 saturated heterocycles. The highest BCUT2D eigenvalue weighted by atomic mass is 32.1. The number of hydrogen-bond acceptors (Lipinski definition) is 6. The fourth-order valence-electron chi connectivity index (χ4n) is 4.40. The Morgan fingerprint density at radius 2 is 2.15 bits per heavy atom. The number of likely N-dealkylation sites (tertiary alicyclic amines) is 1. The number of aryl methyl sites for hydroxylation is 1. The lowest BCUT2D eigenvalue weighted by molar-refractivity contribution is 0.103. The number of nitrogens with zero attached hydrogens (tertiary/aromatic N) is 3. The fourth-order valence-corrected chi connectivity index (χ4v) is 5.35. The van der Waals surface area contributed by atoms with Gasteiger partial charge in [0.15, 0.2) is 5.13 Å². The number of anilines is 1. The van der Waals surface area contributed by atoms with Gasteiger partial charge >= 0.3 is 6.09 Å². The number of fused-ring (bicyclic) bond motifs is 1. The van der Waals surface area contributed by atoms with Crippen LogP contribution in [0.4, 0.5) is 9.93 Å². The highest BCUT2D eigenvalue weighted by Gasteiger charge is 2.27. The van der Waals surface area contributed by atoms with Crippen LogP contribution in [-0.4, -0.2) is 60.2 Å². The van der Waals surface area contributed by atoms with Gasteiger partial charge in [0.25, 0.3) is 0 Å². The summed E-state index contributed by atoms with van der Waals surface area (Å²) in [5, 5.41) is 0.719. The maximum atomic E-state index is 11.6. The molecular weight excluding hydrogens is 348 g/mol. The molecule has 0 saturated carbocycles. The average Bonchev–Trinajstić information content (AvgIpc) is 3.04. The van der Waals surface area contributed by atoms with Crippen molar-refractivity contribution in [2.24, 2.45) is 5.92 Å². The lowest BCUT2D eigenvalue weighted by Crippen LogP contribution is -2.40. The minimum absolute atomic E-state index is 0.180. The topological polar surface area (TPSA) is 71.7 Å². The van der Waals surface area contributed by atoms with Crippen molar-refractivity contribution >= 4 is 22.6 Å². The van der Waals surface area contributed by atoms with Gasteiger partial charge in [-0.3, -0.25) is 0 Å². The normalized spacial score (nSPS) is 21.0. The lowest BCUT2D eigenvalue weighted by atomic mass is 9.91. The molecule has 1 amide bonds. The Morgan fingerprint density at radius 3 is 2.85 bits per heavy atom. The van der Waals surface area contributed by atoms with Gasteiger partial charge in [-0.15, -0.1) is 11.3 Å². The van der Waals surface area contributed by atoms with Gasteiger partial charge in [-0.2, -0.15) is 0 Å². The summed E-state index contributed by atoms with van der Waals surface area (Å²) in [6.45, 7) is 6.22. The van der Waals surface area contributed by atoms with E-state index < -0.39 is 0 Å². The minimum Gasteiger partial charge on any atom is -0.453 e. The second-order valence-electron chi connectivity index (χ2n) is 7.49. The Morgan fingerprint density at radius 1 is 1.38 bits per heavy atom. The van der Waals surface area contributed by atoms with Crippen LogP contribution in [0.5, 0.6) is 0 Å². The summed E-state index contributed by atoms with van der Waals surface area (Å²) in [4.78, 5) is 21.9. The maximum Gasteiger partial charge on any atom is 0.409 e. The van der Waals surface area contributed by atoms with Crippen LogP contribution in [0.15, 0.2) is 0 Å². The number of carbonyl (C=O) groups excluding carboxylic acids is 1. The molecule has 0 radical (unpaired) electrons. The summed E-state index contributed by atoms with van der Waals surface area (Å²) < 4.78 is 4.81. The van der Waals surface area contributed by atoms with Gasteiger partial charge in [0.1, 0.15) is 0 Å². The number of aromatic nitrogens is 1. The van der Waals surface area contributed by atoms with Crippen molar-refractivity contribution in [2.45, 2.75) is 57.9 Å². The van der Waals surface area contributed by atoms with Crippen LogP contribution in [0.25, 0.3) is 0 Å². The Labute approximate surface area is 160 Å². The average molecular weight is 381 g/mol. The number of ether oxygens (including phenoxy) is 1. The van der Waals surface area contributed by atoms with Crippen molar-refractivity contribution < 1.29 is 9.53 Å². The SMILES string of the molecule is CCN(CCCC1CCN(C(=O)OC)CC1)C1CCc2nc(N)sc2C1. The van der Waals surface area contributed by atoms with Crippen LogP contribution in [-0.2, 0) is 17.6 Å². The van der Waals surface area contributed by atoms with Gasteiger partial charge in [0.2, 0.25) is 0 Å². The smallest absolute Gasteiger partial charge is 0.409 e. The zero-order valence-electron chi connectivity index (χ0n) is 16.1. The van der Waals surface area contributed by atoms with E-state index in [-0.39, 0.29) is 6.09 Å². The first-order valence-electron chi connectivity index (χ1n) is 9.91. The van der Waals surface area contributed by atoms with Gasteiger partial charge < -0.3 is 20.3 Å². The number of piperidine rings is 1. The highest BCUT2D eigenvalue weighted by Crippen LogP contribution is 2.30. The van der Waals surface area contributed by atoms with Crippen molar-refractivity contribution in [3.63, 3.8) is 0 Å². The van der Waals surface area contributed by atoms with Crippen LogP contribution in [0.3, 0.4) is 0 Å². The number of likely N-dealkylation sites (N-methyl/N-ethyl adjacent to an activating group) is 1. The molecule has 2 N–H and O–H groups in total. The molecule has 2 heterocycles. The van der Waals surface area contributed by atoms with Crippen molar-refractivity contribution in [1.29, 1.82) is 0 Å². The van der Waals surface area contributed by atoms with E-state index in [1.807, 2.05) is 4.90 Å². The summed E-state index contributed by atoms with van der Waals surface area (Å²) in [5.41, 5.74) is 7.11. The number of thiazole rings is 1. The first-order valence-corrected chi connectivity index (χ1v) is 10.7. The molecule has 3 rings (SSSR count). The monoisotopic (exact) mass is 380 g/mol. The molecule has 1 aromatic rings. The third-order valence-corrected chi connectivity index (χ3v) is 6.91. The van der Waals surface area contributed by atoms with Crippen molar-refractivity contribution in [1.82, 2.24) is 14.8 Å². The molecule has 7 heteroatoms. The first kappa shape index (κ1) is 19.4. The molecule has 1 aromatic heterocycles. The number of nitrogens with two attached hydrogens (primary N) is 1. The second-order valence-corrected chi connectivity index (χ2v) is 8.61. The van der Waals surface area contributed by atoms with E-state index in [0.717, 1.165) is 56.4 Å². The number of amides is 1. The van der Waals surface area contributed by atoms with Gasteiger partial charge in [-0.05, 0) is 64.0 Å². The highest BCUT2D eigenvalue weighted by molar-refractivity contribution is 7.15. The molecule has 1 aliphatic heterocycles. The van der Waals surface area contributed by atoms with Gasteiger partial charge in [0, 0.05) is 24.0 Å². The largest absolute Gasteiger partial charge is 0.453 e. The third kappa shape index (κ3) is 4.68. The number of methoxy groups -OCH3 is 1. The molecule has 0 spiro atoms. The molecular formula is C19H32N4O2S. The number of hydrogen-bond donors (Lipinski definition) is 1. The molecule has 2 aliphatic rings. The van der Waals surface area contributed by atoms with Crippen LogP contribution in [0, 0.1) is 5.92 Å². The van der Waals surface area contributed by atoms with Crippen molar-refractivity contribution in [2.75, 3.05) is 39.0 Å². The van der Waals surface area contributed by atoms with E-state index in [9.17, 15) is 4.79 Å². The molecule has 26 heavy (non-hydrogen) atoms. The lowest BCUT2D eigenvalue weighted by Gasteiger charge is -2.34. The number of nitrogen functional groups attached to an aromatic ring is 1. The number of carbonyl (C=O) groups is 1. The van der Waals surface area contributed by atoms with E-state index in [1.54, 1.807) is 11.3 Å². The van der Waals surface area contributed by atoms with Gasteiger partial charge in [-0.1, -0.05) is 6.92 Å². The number of rotatable bonds is 6. The first-order chi connectivity index (χ1) is 12.6. The predicted molar refractivity (Wildman–Crippen MR) is 106 cm³/mol. The fraction of sp³-hybridized carbons (Fsp3) is 0.789. The Bertz CT molecular complexity index is 598.